The summed E-state index contributed by atoms with van der Waals surface area (Å²) in [7, 11) is 1.76. The van der Waals surface area contributed by atoms with E-state index in [1.165, 1.54) is 38.5 Å². The molecule has 1 aliphatic heterocycles. The average molecular weight is 284 g/mol. The highest BCUT2D eigenvalue weighted by Gasteiger charge is 2.34. The second kappa shape index (κ2) is 8.32. The minimum absolute atomic E-state index is 0.0979. The Labute approximate surface area is 123 Å². The van der Waals surface area contributed by atoms with Crippen molar-refractivity contribution in [2.75, 3.05) is 46.4 Å². The first kappa shape index (κ1) is 16.2. The van der Waals surface area contributed by atoms with Crippen molar-refractivity contribution in [1.29, 1.82) is 0 Å². The first-order chi connectivity index (χ1) is 9.74. The lowest BCUT2D eigenvalue weighted by Gasteiger charge is -2.37. The van der Waals surface area contributed by atoms with E-state index in [0.717, 1.165) is 45.8 Å². The van der Waals surface area contributed by atoms with Crippen molar-refractivity contribution >= 4 is 0 Å². The third-order valence-corrected chi connectivity index (χ3v) is 4.95. The molecule has 0 radical (unpaired) electrons. The molecule has 1 unspecified atom stereocenters. The first-order valence-corrected chi connectivity index (χ1v) is 8.34. The first-order valence-electron chi connectivity index (χ1n) is 8.34. The molecule has 1 heterocycles. The summed E-state index contributed by atoms with van der Waals surface area (Å²) in [4.78, 5) is 2.48. The minimum Gasteiger partial charge on any atom is -0.392 e. The standard InChI is InChI=1S/C16H32N2O2/c1-20-11-9-17-13-16(7-4-2-3-5-8-16)14-18-10-6-15(19)12-18/h15,17,19H,2-14H2,1H3. The van der Waals surface area contributed by atoms with Crippen LogP contribution in [-0.4, -0.2) is 62.6 Å². The fraction of sp³-hybridized carbons (Fsp3) is 1.00. The van der Waals surface area contributed by atoms with Gasteiger partial charge in [-0.3, -0.25) is 0 Å². The van der Waals surface area contributed by atoms with Crippen molar-refractivity contribution in [1.82, 2.24) is 10.2 Å². The summed E-state index contributed by atoms with van der Waals surface area (Å²) in [6.07, 6.45) is 9.03. The number of ether oxygens (including phenoxy) is 1. The molecule has 0 aromatic rings. The Morgan fingerprint density at radius 1 is 1.25 bits per heavy atom. The average Bonchev–Trinajstić information content (AvgIpc) is 2.71. The molecule has 2 aliphatic rings. The van der Waals surface area contributed by atoms with Gasteiger partial charge >= 0.3 is 0 Å². The van der Waals surface area contributed by atoms with Gasteiger partial charge in [0.05, 0.1) is 12.7 Å². The minimum atomic E-state index is -0.0979. The monoisotopic (exact) mass is 284 g/mol. The number of hydrogen-bond acceptors (Lipinski definition) is 4. The Morgan fingerprint density at radius 2 is 2.00 bits per heavy atom. The van der Waals surface area contributed by atoms with Gasteiger partial charge in [0.2, 0.25) is 0 Å². The Morgan fingerprint density at radius 3 is 2.60 bits per heavy atom. The Kier molecular flexibility index (Phi) is 6.75. The molecule has 4 nitrogen and oxygen atoms in total. The predicted octanol–water partition coefficient (Wildman–Crippen LogP) is 1.63. The maximum absolute atomic E-state index is 9.74. The van der Waals surface area contributed by atoms with E-state index in [1.807, 2.05) is 0 Å². The summed E-state index contributed by atoms with van der Waals surface area (Å²) in [5.74, 6) is 0. The van der Waals surface area contributed by atoms with Crippen LogP contribution in [0.15, 0.2) is 0 Å². The van der Waals surface area contributed by atoms with Gasteiger partial charge in [0.1, 0.15) is 0 Å². The molecule has 0 spiro atoms. The van der Waals surface area contributed by atoms with Crippen LogP contribution in [0.1, 0.15) is 44.9 Å². The van der Waals surface area contributed by atoms with Gasteiger partial charge in [-0.05, 0) is 24.7 Å². The van der Waals surface area contributed by atoms with Crippen LogP contribution >= 0.6 is 0 Å². The molecule has 1 saturated carbocycles. The highest BCUT2D eigenvalue weighted by Crippen LogP contribution is 2.36. The van der Waals surface area contributed by atoms with Crippen molar-refractivity contribution in [2.45, 2.75) is 51.0 Å². The molecule has 0 bridgehead atoms. The fourth-order valence-electron chi connectivity index (χ4n) is 3.83. The van der Waals surface area contributed by atoms with E-state index in [4.69, 9.17) is 4.74 Å². The van der Waals surface area contributed by atoms with Crippen molar-refractivity contribution in [3.63, 3.8) is 0 Å². The van der Waals surface area contributed by atoms with Crippen LogP contribution < -0.4 is 5.32 Å². The van der Waals surface area contributed by atoms with Crippen LogP contribution in [0.5, 0.6) is 0 Å². The highest BCUT2D eigenvalue weighted by molar-refractivity contribution is 4.89. The molecule has 2 fully saturated rings. The Balaban J connectivity index is 1.87. The Bertz CT molecular complexity index is 265. The van der Waals surface area contributed by atoms with E-state index in [1.54, 1.807) is 7.11 Å². The Hall–Kier alpha value is -0.160. The molecule has 1 atom stereocenters. The molecule has 0 aromatic heterocycles. The van der Waals surface area contributed by atoms with Gasteiger partial charge in [-0.25, -0.2) is 0 Å². The predicted molar refractivity (Wildman–Crippen MR) is 81.9 cm³/mol. The number of nitrogens with one attached hydrogen (secondary N) is 1. The number of aliphatic hydroxyl groups excluding tert-OH is 1. The maximum Gasteiger partial charge on any atom is 0.0679 e. The topological polar surface area (TPSA) is 44.7 Å². The molecule has 0 amide bonds. The SMILES string of the molecule is COCCNCC1(CN2CCC(O)C2)CCCCCC1. The summed E-state index contributed by atoms with van der Waals surface area (Å²) in [6, 6.07) is 0. The lowest BCUT2D eigenvalue weighted by atomic mass is 9.79. The van der Waals surface area contributed by atoms with Crippen LogP contribution in [0.4, 0.5) is 0 Å². The second-order valence-electron chi connectivity index (χ2n) is 6.76. The van der Waals surface area contributed by atoms with Gasteiger partial charge in [-0.1, -0.05) is 25.7 Å². The zero-order valence-corrected chi connectivity index (χ0v) is 13.1. The van der Waals surface area contributed by atoms with E-state index >= 15 is 0 Å². The smallest absolute Gasteiger partial charge is 0.0679 e. The van der Waals surface area contributed by atoms with Crippen LogP contribution in [0.2, 0.25) is 0 Å². The summed E-state index contributed by atoms with van der Waals surface area (Å²) in [5.41, 5.74) is 0.411. The lowest BCUT2D eigenvalue weighted by molar-refractivity contribution is 0.120. The van der Waals surface area contributed by atoms with E-state index in [9.17, 15) is 5.11 Å². The number of rotatable bonds is 7. The number of likely N-dealkylation sites (tertiary alicyclic amines) is 1. The van der Waals surface area contributed by atoms with Crippen LogP contribution in [0, 0.1) is 5.41 Å². The summed E-state index contributed by atoms with van der Waals surface area (Å²) < 4.78 is 5.13. The number of methoxy groups -OCH3 is 1. The highest BCUT2D eigenvalue weighted by atomic mass is 16.5. The van der Waals surface area contributed by atoms with Gasteiger partial charge in [-0.2, -0.15) is 0 Å². The van der Waals surface area contributed by atoms with Crippen molar-refractivity contribution in [2.24, 2.45) is 5.41 Å². The molecule has 118 valence electrons. The van der Waals surface area contributed by atoms with E-state index in [0.29, 0.717) is 5.41 Å². The molecule has 1 aliphatic carbocycles. The zero-order valence-electron chi connectivity index (χ0n) is 13.1. The largest absolute Gasteiger partial charge is 0.392 e. The van der Waals surface area contributed by atoms with Crippen molar-refractivity contribution in [3.8, 4) is 0 Å². The second-order valence-corrected chi connectivity index (χ2v) is 6.76. The van der Waals surface area contributed by atoms with Crippen LogP contribution in [-0.2, 0) is 4.74 Å². The summed E-state index contributed by atoms with van der Waals surface area (Å²) in [6.45, 7) is 5.94. The third-order valence-electron chi connectivity index (χ3n) is 4.95. The van der Waals surface area contributed by atoms with Gasteiger partial charge in [0.15, 0.2) is 0 Å². The van der Waals surface area contributed by atoms with Gasteiger partial charge in [0, 0.05) is 39.8 Å². The maximum atomic E-state index is 9.74. The third kappa shape index (κ3) is 4.99. The molecule has 1 saturated heterocycles. The van der Waals surface area contributed by atoms with E-state index < -0.39 is 0 Å². The molecular formula is C16H32N2O2. The summed E-state index contributed by atoms with van der Waals surface area (Å²) in [5, 5.41) is 13.3. The van der Waals surface area contributed by atoms with Crippen LogP contribution in [0.3, 0.4) is 0 Å². The molecular weight excluding hydrogens is 252 g/mol. The molecule has 0 aromatic carbocycles. The zero-order chi connectivity index (χ0) is 14.3. The molecule has 20 heavy (non-hydrogen) atoms. The number of β-amino-alcohol motifs (C(OH)–C–C–N with tert-alkyl or cyclic N) is 1. The number of hydrogen-bond donors (Lipinski definition) is 2. The van der Waals surface area contributed by atoms with Crippen molar-refractivity contribution in [3.05, 3.63) is 0 Å². The van der Waals surface area contributed by atoms with Crippen molar-refractivity contribution < 1.29 is 9.84 Å². The fourth-order valence-corrected chi connectivity index (χ4v) is 3.83. The molecule has 2 rings (SSSR count). The number of nitrogens with zero attached hydrogens (tertiary/aromatic N) is 1. The quantitative estimate of drug-likeness (QED) is 0.551. The van der Waals surface area contributed by atoms with E-state index in [2.05, 4.69) is 10.2 Å². The molecule has 2 N–H and O–H groups in total. The van der Waals surface area contributed by atoms with Gasteiger partial charge in [0.25, 0.3) is 0 Å². The van der Waals surface area contributed by atoms with E-state index in [-0.39, 0.29) is 6.10 Å². The van der Waals surface area contributed by atoms with Gasteiger partial charge < -0.3 is 20.1 Å². The molecule has 4 heteroatoms. The van der Waals surface area contributed by atoms with Crippen LogP contribution in [0.25, 0.3) is 0 Å². The lowest BCUT2D eigenvalue weighted by Crippen LogP contribution is -2.44. The van der Waals surface area contributed by atoms with Gasteiger partial charge in [-0.15, -0.1) is 0 Å². The number of aliphatic hydroxyl groups is 1. The summed E-state index contributed by atoms with van der Waals surface area (Å²) >= 11 is 0. The normalized spacial score (nSPS) is 27.6.